The number of piperidine rings is 1. The minimum atomic E-state index is -3.26. The summed E-state index contributed by atoms with van der Waals surface area (Å²) in [6.07, 6.45) is 0.0683. The molecule has 0 aromatic carbocycles. The second-order valence-electron chi connectivity index (χ2n) is 3.71. The molecule has 2 unspecified atom stereocenters. The van der Waals surface area contributed by atoms with E-state index >= 15 is 0 Å². The van der Waals surface area contributed by atoms with Crippen LogP contribution in [0.3, 0.4) is 0 Å². The van der Waals surface area contributed by atoms with E-state index < -0.39 is 29.3 Å². The molecule has 4 nitrogen and oxygen atoms in total. The third-order valence-electron chi connectivity index (χ3n) is 3.14. The SMILES string of the molecule is CC(=O)N1CCC2C(F)(F)C21C(=O)O. The Morgan fingerprint density at radius 1 is 1.50 bits per heavy atom. The van der Waals surface area contributed by atoms with Gasteiger partial charge in [-0.2, -0.15) is 0 Å². The lowest BCUT2D eigenvalue weighted by Crippen LogP contribution is -2.48. The number of amides is 1. The number of carboxylic acids is 1. The minimum absolute atomic E-state index is 0.0683. The monoisotopic (exact) mass is 205 g/mol. The van der Waals surface area contributed by atoms with Crippen LogP contribution in [0.4, 0.5) is 8.78 Å². The number of carbonyl (C=O) groups is 2. The summed E-state index contributed by atoms with van der Waals surface area (Å²) in [7, 11) is 0. The van der Waals surface area contributed by atoms with Crippen molar-refractivity contribution in [1.82, 2.24) is 4.90 Å². The second-order valence-corrected chi connectivity index (χ2v) is 3.71. The van der Waals surface area contributed by atoms with Gasteiger partial charge in [0.2, 0.25) is 11.4 Å². The number of hydrogen-bond acceptors (Lipinski definition) is 2. The predicted molar refractivity (Wildman–Crippen MR) is 40.8 cm³/mol. The lowest BCUT2D eigenvalue weighted by Gasteiger charge is -2.24. The highest BCUT2D eigenvalue weighted by Gasteiger charge is 2.90. The van der Waals surface area contributed by atoms with Crippen molar-refractivity contribution in [3.05, 3.63) is 0 Å². The average molecular weight is 205 g/mol. The topological polar surface area (TPSA) is 57.6 Å². The Labute approximate surface area is 78.5 Å². The fraction of sp³-hybridized carbons (Fsp3) is 0.750. The summed E-state index contributed by atoms with van der Waals surface area (Å²) in [5, 5.41) is 8.80. The van der Waals surface area contributed by atoms with Gasteiger partial charge in [-0.1, -0.05) is 0 Å². The minimum Gasteiger partial charge on any atom is -0.479 e. The van der Waals surface area contributed by atoms with Crippen LogP contribution in [0.1, 0.15) is 13.3 Å². The summed E-state index contributed by atoms with van der Waals surface area (Å²) in [5.74, 6) is -6.66. The standard InChI is InChI=1S/C8H9F2NO3/c1-4(12)11-3-2-5-7(11,6(13)14)8(5,9)10/h5H,2-3H2,1H3,(H,13,14). The van der Waals surface area contributed by atoms with Gasteiger partial charge in [0.05, 0.1) is 5.92 Å². The molecule has 1 saturated carbocycles. The van der Waals surface area contributed by atoms with Crippen molar-refractivity contribution < 1.29 is 23.5 Å². The van der Waals surface area contributed by atoms with E-state index in [4.69, 9.17) is 5.11 Å². The molecule has 1 aliphatic heterocycles. The highest BCUT2D eigenvalue weighted by Crippen LogP contribution is 2.67. The molecular formula is C8H9F2NO3. The maximum atomic E-state index is 13.2. The van der Waals surface area contributed by atoms with Gasteiger partial charge >= 0.3 is 5.97 Å². The number of halogens is 2. The molecule has 6 heteroatoms. The molecule has 1 aliphatic carbocycles. The van der Waals surface area contributed by atoms with E-state index in [0.717, 1.165) is 11.8 Å². The van der Waals surface area contributed by atoms with E-state index in [9.17, 15) is 18.4 Å². The molecule has 78 valence electrons. The highest BCUT2D eigenvalue weighted by atomic mass is 19.3. The van der Waals surface area contributed by atoms with Gasteiger partial charge in [0.25, 0.3) is 5.92 Å². The van der Waals surface area contributed by atoms with Crippen LogP contribution in [0, 0.1) is 5.92 Å². The molecule has 1 N–H and O–H groups in total. The number of carbonyl (C=O) groups excluding carboxylic acids is 1. The number of carboxylic acid groups (broad SMARTS) is 1. The van der Waals surface area contributed by atoms with Crippen molar-refractivity contribution >= 4 is 11.9 Å². The highest BCUT2D eigenvalue weighted by molar-refractivity contribution is 5.93. The van der Waals surface area contributed by atoms with Crippen molar-refractivity contribution in [3.63, 3.8) is 0 Å². The molecular weight excluding hydrogens is 196 g/mol. The summed E-state index contributed by atoms with van der Waals surface area (Å²) in [4.78, 5) is 22.6. The molecule has 0 spiro atoms. The smallest absolute Gasteiger partial charge is 0.336 e. The van der Waals surface area contributed by atoms with Crippen molar-refractivity contribution in [3.8, 4) is 0 Å². The Hall–Kier alpha value is -1.20. The molecule has 2 aliphatic rings. The summed E-state index contributed by atoms with van der Waals surface area (Å²) in [6, 6.07) is 0. The fourth-order valence-electron chi connectivity index (χ4n) is 2.46. The second kappa shape index (κ2) is 2.24. The first-order valence-corrected chi connectivity index (χ1v) is 4.26. The molecule has 14 heavy (non-hydrogen) atoms. The lowest BCUT2D eigenvalue weighted by atomic mass is 10.2. The molecule has 1 heterocycles. The zero-order valence-electron chi connectivity index (χ0n) is 7.46. The van der Waals surface area contributed by atoms with E-state index in [0.29, 0.717) is 0 Å². The molecule has 0 radical (unpaired) electrons. The Bertz CT molecular complexity index is 331. The maximum Gasteiger partial charge on any atom is 0.336 e. The van der Waals surface area contributed by atoms with E-state index in [2.05, 4.69) is 0 Å². The fourth-order valence-corrected chi connectivity index (χ4v) is 2.46. The van der Waals surface area contributed by atoms with Crippen LogP contribution >= 0.6 is 0 Å². The van der Waals surface area contributed by atoms with Gasteiger partial charge in [-0.3, -0.25) is 4.79 Å². The zero-order chi connectivity index (χ0) is 10.7. The van der Waals surface area contributed by atoms with E-state index in [1.807, 2.05) is 0 Å². The van der Waals surface area contributed by atoms with Gasteiger partial charge in [0.15, 0.2) is 0 Å². The van der Waals surface area contributed by atoms with Crippen molar-refractivity contribution in [1.29, 1.82) is 0 Å². The summed E-state index contributed by atoms with van der Waals surface area (Å²) >= 11 is 0. The van der Waals surface area contributed by atoms with Crippen LogP contribution < -0.4 is 0 Å². The van der Waals surface area contributed by atoms with Gasteiger partial charge in [0, 0.05) is 13.5 Å². The first-order chi connectivity index (χ1) is 6.36. The number of rotatable bonds is 1. The molecule has 2 atom stereocenters. The van der Waals surface area contributed by atoms with Crippen LogP contribution in [0.2, 0.25) is 0 Å². The largest absolute Gasteiger partial charge is 0.479 e. The van der Waals surface area contributed by atoms with Gasteiger partial charge < -0.3 is 10.0 Å². The van der Waals surface area contributed by atoms with E-state index in [1.54, 1.807) is 0 Å². The number of alkyl halides is 2. The van der Waals surface area contributed by atoms with Crippen LogP contribution in [-0.2, 0) is 9.59 Å². The molecule has 1 saturated heterocycles. The first-order valence-electron chi connectivity index (χ1n) is 4.26. The van der Waals surface area contributed by atoms with Crippen molar-refractivity contribution in [2.75, 3.05) is 6.54 Å². The predicted octanol–water partition coefficient (Wildman–Crippen LogP) is 0.327. The number of fused-ring (bicyclic) bond motifs is 1. The Morgan fingerprint density at radius 2 is 2.07 bits per heavy atom. The quantitative estimate of drug-likeness (QED) is 0.671. The van der Waals surface area contributed by atoms with Gasteiger partial charge in [-0.25, -0.2) is 13.6 Å². The summed E-state index contributed by atoms with van der Waals surface area (Å²) < 4.78 is 26.4. The van der Waals surface area contributed by atoms with Gasteiger partial charge in [-0.05, 0) is 6.42 Å². The number of aliphatic carboxylic acids is 1. The number of hydrogen-bond donors (Lipinski definition) is 1. The van der Waals surface area contributed by atoms with Crippen LogP contribution in [-0.4, -0.2) is 39.9 Å². The summed E-state index contributed by atoms with van der Waals surface area (Å²) in [6.45, 7) is 1.23. The van der Waals surface area contributed by atoms with E-state index in [1.165, 1.54) is 0 Å². The number of nitrogens with zero attached hydrogens (tertiary/aromatic N) is 1. The first kappa shape index (κ1) is 9.36. The molecule has 0 bridgehead atoms. The number of likely N-dealkylation sites (tertiary alicyclic amines) is 1. The summed E-state index contributed by atoms with van der Waals surface area (Å²) in [5.41, 5.74) is -2.24. The van der Waals surface area contributed by atoms with Gasteiger partial charge in [0.1, 0.15) is 0 Å². The molecule has 0 aromatic heterocycles. The third kappa shape index (κ3) is 0.689. The average Bonchev–Trinajstić information content (AvgIpc) is 2.44. The molecule has 1 amide bonds. The normalized spacial score (nSPS) is 37.9. The Kier molecular flexibility index (Phi) is 1.50. The van der Waals surface area contributed by atoms with Crippen LogP contribution in [0.15, 0.2) is 0 Å². The van der Waals surface area contributed by atoms with Gasteiger partial charge in [-0.15, -0.1) is 0 Å². The van der Waals surface area contributed by atoms with Crippen LogP contribution in [0.25, 0.3) is 0 Å². The van der Waals surface area contributed by atoms with Crippen LogP contribution in [0.5, 0.6) is 0 Å². The molecule has 2 fully saturated rings. The van der Waals surface area contributed by atoms with Crippen molar-refractivity contribution in [2.45, 2.75) is 24.8 Å². The zero-order valence-corrected chi connectivity index (χ0v) is 7.46. The Morgan fingerprint density at radius 3 is 2.36 bits per heavy atom. The molecule has 0 aromatic rings. The van der Waals surface area contributed by atoms with Crippen molar-refractivity contribution in [2.24, 2.45) is 5.92 Å². The third-order valence-corrected chi connectivity index (χ3v) is 3.14. The molecule has 2 rings (SSSR count). The maximum absolute atomic E-state index is 13.2. The lowest BCUT2D eigenvalue weighted by molar-refractivity contribution is -0.156. The van der Waals surface area contributed by atoms with E-state index in [-0.39, 0.29) is 13.0 Å². The Balaban J connectivity index is 2.42.